The highest BCUT2D eigenvalue weighted by molar-refractivity contribution is 5.95. The van der Waals surface area contributed by atoms with Crippen molar-refractivity contribution in [2.75, 3.05) is 11.9 Å². The van der Waals surface area contributed by atoms with Gasteiger partial charge >= 0.3 is 12.1 Å². The molecule has 0 unspecified atom stereocenters. The Labute approximate surface area is 148 Å². The first-order valence-corrected chi connectivity index (χ1v) is 7.63. The maximum atomic E-state index is 12.9. The monoisotopic (exact) mass is 363 g/mol. The fourth-order valence-corrected chi connectivity index (χ4v) is 2.05. The number of ether oxygens (including phenoxy) is 1. The van der Waals surface area contributed by atoms with Crippen molar-refractivity contribution in [3.05, 3.63) is 71.3 Å². The van der Waals surface area contributed by atoms with Gasteiger partial charge in [0.05, 0.1) is 11.3 Å². The van der Waals surface area contributed by atoms with Crippen LogP contribution in [0.1, 0.15) is 16.7 Å². The second-order valence-electron chi connectivity index (χ2n) is 5.44. The molecule has 0 atom stereocenters. The Hall–Kier alpha value is -3.09. The summed E-state index contributed by atoms with van der Waals surface area (Å²) in [5.41, 5.74) is 0.479. The summed E-state index contributed by atoms with van der Waals surface area (Å²) in [6.07, 6.45) is -1.95. The average molecular weight is 363 g/mol. The molecule has 4 nitrogen and oxygen atoms in total. The minimum absolute atomic E-state index is 0.392. The normalized spacial score (nSPS) is 11.4. The molecule has 0 bridgehead atoms. The SMILES string of the molecule is Cc1ccc(/C=C/C(=O)OCC(=O)Nc2ccccc2C(F)(F)F)cc1. The standard InChI is InChI=1S/C19H16F3NO3/c1-13-6-8-14(9-7-13)10-11-18(25)26-12-17(24)23-16-5-3-2-4-15(16)19(20,21)22/h2-11H,12H2,1H3,(H,23,24)/b11-10+. The summed E-state index contributed by atoms with van der Waals surface area (Å²) in [5, 5.41) is 2.09. The van der Waals surface area contributed by atoms with Crippen molar-refractivity contribution in [1.29, 1.82) is 0 Å². The zero-order valence-corrected chi connectivity index (χ0v) is 13.8. The molecule has 7 heteroatoms. The number of alkyl halides is 3. The van der Waals surface area contributed by atoms with E-state index in [0.717, 1.165) is 29.3 Å². The van der Waals surface area contributed by atoms with E-state index in [1.165, 1.54) is 18.2 Å². The smallest absolute Gasteiger partial charge is 0.418 e. The van der Waals surface area contributed by atoms with Gasteiger partial charge in [0.2, 0.25) is 0 Å². The summed E-state index contributed by atoms with van der Waals surface area (Å²) in [4.78, 5) is 23.3. The Morgan fingerprint density at radius 2 is 1.73 bits per heavy atom. The van der Waals surface area contributed by atoms with Crippen molar-refractivity contribution in [2.24, 2.45) is 0 Å². The van der Waals surface area contributed by atoms with Crippen molar-refractivity contribution in [3.63, 3.8) is 0 Å². The molecule has 0 aliphatic heterocycles. The molecule has 0 fully saturated rings. The van der Waals surface area contributed by atoms with E-state index in [2.05, 4.69) is 5.32 Å². The molecule has 26 heavy (non-hydrogen) atoms. The summed E-state index contributed by atoms with van der Waals surface area (Å²) >= 11 is 0. The number of halogens is 3. The zero-order valence-electron chi connectivity index (χ0n) is 13.8. The Bertz CT molecular complexity index is 812. The minimum atomic E-state index is -4.60. The van der Waals surface area contributed by atoms with E-state index < -0.39 is 35.9 Å². The second kappa shape index (κ2) is 8.33. The third kappa shape index (κ3) is 5.77. The van der Waals surface area contributed by atoms with Gasteiger partial charge in [0, 0.05) is 6.08 Å². The van der Waals surface area contributed by atoms with Crippen LogP contribution in [-0.2, 0) is 20.5 Å². The van der Waals surface area contributed by atoms with Gasteiger partial charge in [0.1, 0.15) is 0 Å². The zero-order chi connectivity index (χ0) is 19.2. The van der Waals surface area contributed by atoms with Gasteiger partial charge in [-0.3, -0.25) is 4.79 Å². The number of nitrogens with one attached hydrogen (secondary N) is 1. The van der Waals surface area contributed by atoms with Gasteiger partial charge in [-0.2, -0.15) is 13.2 Å². The van der Waals surface area contributed by atoms with Crippen LogP contribution in [0.2, 0.25) is 0 Å². The summed E-state index contributed by atoms with van der Waals surface area (Å²) in [7, 11) is 0. The quantitative estimate of drug-likeness (QED) is 0.640. The van der Waals surface area contributed by atoms with Crippen molar-refractivity contribution < 1.29 is 27.5 Å². The lowest BCUT2D eigenvalue weighted by molar-refractivity contribution is -0.142. The van der Waals surface area contributed by atoms with Gasteiger partial charge in [0.15, 0.2) is 6.61 Å². The predicted octanol–water partition coefficient (Wildman–Crippen LogP) is 4.21. The van der Waals surface area contributed by atoms with Crippen molar-refractivity contribution in [1.82, 2.24) is 0 Å². The third-order valence-corrected chi connectivity index (χ3v) is 3.34. The highest BCUT2D eigenvalue weighted by Gasteiger charge is 2.33. The Kier molecular flexibility index (Phi) is 6.16. The second-order valence-corrected chi connectivity index (χ2v) is 5.44. The number of rotatable bonds is 5. The first kappa shape index (κ1) is 19.2. The van der Waals surface area contributed by atoms with Gasteiger partial charge < -0.3 is 10.1 Å². The van der Waals surface area contributed by atoms with E-state index in [4.69, 9.17) is 4.74 Å². The average Bonchev–Trinajstić information content (AvgIpc) is 2.59. The topological polar surface area (TPSA) is 55.4 Å². The molecular weight excluding hydrogens is 347 g/mol. The largest absolute Gasteiger partial charge is 0.452 e. The molecule has 136 valence electrons. The highest BCUT2D eigenvalue weighted by Crippen LogP contribution is 2.34. The van der Waals surface area contributed by atoms with Crippen molar-refractivity contribution in [3.8, 4) is 0 Å². The number of hydrogen-bond donors (Lipinski definition) is 1. The molecule has 1 N–H and O–H groups in total. The number of aryl methyl sites for hydroxylation is 1. The number of carbonyl (C=O) groups is 2. The number of benzene rings is 2. The number of anilines is 1. The van der Waals surface area contributed by atoms with E-state index in [-0.39, 0.29) is 0 Å². The fraction of sp³-hybridized carbons (Fsp3) is 0.158. The number of amides is 1. The van der Waals surface area contributed by atoms with E-state index in [9.17, 15) is 22.8 Å². The number of hydrogen-bond acceptors (Lipinski definition) is 3. The molecule has 0 saturated heterocycles. The van der Waals surface area contributed by atoms with Crippen LogP contribution in [0.5, 0.6) is 0 Å². The van der Waals surface area contributed by atoms with E-state index in [1.54, 1.807) is 12.1 Å². The highest BCUT2D eigenvalue weighted by atomic mass is 19.4. The van der Waals surface area contributed by atoms with Gasteiger partial charge in [0.25, 0.3) is 5.91 Å². The summed E-state index contributed by atoms with van der Waals surface area (Å²) in [6.45, 7) is 1.24. The molecule has 0 aliphatic rings. The molecule has 0 aromatic heterocycles. The Morgan fingerprint density at radius 3 is 2.38 bits per heavy atom. The summed E-state index contributed by atoms with van der Waals surface area (Å²) in [6, 6.07) is 11.9. The Balaban J connectivity index is 1.89. The molecule has 2 aromatic carbocycles. The molecule has 0 heterocycles. The lowest BCUT2D eigenvalue weighted by Gasteiger charge is -2.13. The summed E-state index contributed by atoms with van der Waals surface area (Å²) in [5.74, 6) is -1.64. The maximum absolute atomic E-state index is 12.9. The van der Waals surface area contributed by atoms with Gasteiger partial charge in [-0.15, -0.1) is 0 Å². The van der Waals surface area contributed by atoms with Crippen LogP contribution < -0.4 is 5.32 Å². The molecule has 0 spiro atoms. The van der Waals surface area contributed by atoms with Crippen molar-refractivity contribution >= 4 is 23.6 Å². The number of esters is 1. The first-order chi connectivity index (χ1) is 12.3. The molecule has 1 amide bonds. The van der Waals surface area contributed by atoms with Crippen LogP contribution in [0.3, 0.4) is 0 Å². The third-order valence-electron chi connectivity index (χ3n) is 3.34. The molecule has 0 saturated carbocycles. The fourth-order valence-electron chi connectivity index (χ4n) is 2.05. The maximum Gasteiger partial charge on any atom is 0.418 e. The van der Waals surface area contributed by atoms with E-state index in [1.807, 2.05) is 19.1 Å². The van der Waals surface area contributed by atoms with Crippen LogP contribution in [0.4, 0.5) is 18.9 Å². The first-order valence-electron chi connectivity index (χ1n) is 7.63. The molecular formula is C19H16F3NO3. The van der Waals surface area contributed by atoms with Gasteiger partial charge in [-0.25, -0.2) is 4.79 Å². The molecule has 0 aliphatic carbocycles. The van der Waals surface area contributed by atoms with Crippen LogP contribution >= 0.6 is 0 Å². The number of carbonyl (C=O) groups excluding carboxylic acids is 2. The van der Waals surface area contributed by atoms with E-state index in [0.29, 0.717) is 0 Å². The molecule has 2 aromatic rings. The van der Waals surface area contributed by atoms with Crippen LogP contribution in [0.25, 0.3) is 6.08 Å². The molecule has 2 rings (SSSR count). The minimum Gasteiger partial charge on any atom is -0.452 e. The molecule has 0 radical (unpaired) electrons. The Morgan fingerprint density at radius 1 is 1.08 bits per heavy atom. The van der Waals surface area contributed by atoms with Crippen LogP contribution in [-0.4, -0.2) is 18.5 Å². The lowest BCUT2D eigenvalue weighted by atomic mass is 10.1. The van der Waals surface area contributed by atoms with Gasteiger partial charge in [-0.05, 0) is 30.7 Å². The predicted molar refractivity (Wildman–Crippen MR) is 91.2 cm³/mol. The number of para-hydroxylation sites is 1. The summed E-state index contributed by atoms with van der Waals surface area (Å²) < 4.78 is 43.3. The van der Waals surface area contributed by atoms with Crippen LogP contribution in [0.15, 0.2) is 54.6 Å². The van der Waals surface area contributed by atoms with Gasteiger partial charge in [-0.1, -0.05) is 42.0 Å². The lowest BCUT2D eigenvalue weighted by Crippen LogP contribution is -2.22. The van der Waals surface area contributed by atoms with E-state index >= 15 is 0 Å². The van der Waals surface area contributed by atoms with Crippen LogP contribution in [0, 0.1) is 6.92 Å². The van der Waals surface area contributed by atoms with Crippen molar-refractivity contribution in [2.45, 2.75) is 13.1 Å².